The average molecular weight is 444 g/mol. The van der Waals surface area contributed by atoms with Crippen molar-refractivity contribution in [3.8, 4) is 5.75 Å². The largest absolute Gasteiger partial charge is 0.488 e. The van der Waals surface area contributed by atoms with Gasteiger partial charge in [0, 0.05) is 12.1 Å². The number of rotatable bonds is 7. The zero-order valence-electron chi connectivity index (χ0n) is 14.5. The van der Waals surface area contributed by atoms with Gasteiger partial charge in [-0.05, 0) is 69.5 Å². The lowest BCUT2D eigenvalue weighted by molar-refractivity contribution is -0.384. The number of nitro groups is 1. The van der Waals surface area contributed by atoms with E-state index in [4.69, 9.17) is 4.74 Å². The molecule has 0 aliphatic heterocycles. The summed E-state index contributed by atoms with van der Waals surface area (Å²) in [5, 5.41) is 14.8. The van der Waals surface area contributed by atoms with E-state index in [2.05, 4.69) is 26.5 Å². The van der Waals surface area contributed by atoms with Crippen LogP contribution in [0.5, 0.6) is 5.75 Å². The summed E-state index contributed by atoms with van der Waals surface area (Å²) in [4.78, 5) is 10.2. The van der Waals surface area contributed by atoms with Crippen LogP contribution in [0.1, 0.15) is 11.1 Å². The highest BCUT2D eigenvalue weighted by Crippen LogP contribution is 2.26. The SMILES string of the molecule is O=[N+]([O-])c1ccc(N/N=C\c2ccc(OCc3ccc(F)cc3)c(Br)c2)cc1. The van der Waals surface area contributed by atoms with Crippen LogP contribution in [0.15, 0.2) is 76.3 Å². The van der Waals surface area contributed by atoms with Crippen LogP contribution in [-0.4, -0.2) is 11.1 Å². The molecule has 0 atom stereocenters. The number of hydrazone groups is 1. The summed E-state index contributed by atoms with van der Waals surface area (Å²) in [6, 6.07) is 17.6. The van der Waals surface area contributed by atoms with Gasteiger partial charge in [0.1, 0.15) is 18.2 Å². The van der Waals surface area contributed by atoms with Crippen LogP contribution in [0.2, 0.25) is 0 Å². The zero-order valence-corrected chi connectivity index (χ0v) is 16.1. The number of hydrogen-bond acceptors (Lipinski definition) is 5. The highest BCUT2D eigenvalue weighted by molar-refractivity contribution is 9.10. The Balaban J connectivity index is 1.57. The highest BCUT2D eigenvalue weighted by Gasteiger charge is 2.04. The van der Waals surface area contributed by atoms with E-state index in [0.717, 1.165) is 15.6 Å². The van der Waals surface area contributed by atoms with E-state index in [0.29, 0.717) is 18.0 Å². The Labute approximate surface area is 168 Å². The topological polar surface area (TPSA) is 76.8 Å². The first-order valence-corrected chi connectivity index (χ1v) is 9.01. The molecule has 0 fully saturated rings. The maximum absolute atomic E-state index is 12.9. The minimum Gasteiger partial charge on any atom is -0.488 e. The number of nitro benzene ring substituents is 1. The van der Waals surface area contributed by atoms with Gasteiger partial charge in [-0.2, -0.15) is 5.10 Å². The van der Waals surface area contributed by atoms with E-state index in [-0.39, 0.29) is 11.5 Å². The van der Waals surface area contributed by atoms with Crippen molar-refractivity contribution in [2.45, 2.75) is 6.61 Å². The van der Waals surface area contributed by atoms with E-state index < -0.39 is 4.92 Å². The van der Waals surface area contributed by atoms with E-state index in [1.54, 1.807) is 36.5 Å². The third kappa shape index (κ3) is 5.37. The molecule has 3 aromatic carbocycles. The fraction of sp³-hybridized carbons (Fsp3) is 0.0500. The molecule has 0 saturated carbocycles. The summed E-state index contributed by atoms with van der Waals surface area (Å²) in [5.74, 6) is 0.376. The minimum atomic E-state index is -0.454. The molecule has 3 aromatic rings. The number of nitrogens with zero attached hydrogens (tertiary/aromatic N) is 2. The molecule has 0 radical (unpaired) electrons. The molecule has 0 aliphatic carbocycles. The number of ether oxygens (including phenoxy) is 1. The van der Waals surface area contributed by atoms with E-state index >= 15 is 0 Å². The standard InChI is InChI=1S/C20H15BrFN3O3/c21-19-11-15(12-23-24-17-6-8-18(9-7-17)25(26)27)3-10-20(19)28-13-14-1-4-16(22)5-2-14/h1-12,24H,13H2/b23-12-. The molecule has 0 bridgehead atoms. The Hall–Kier alpha value is -3.26. The van der Waals surface area contributed by atoms with E-state index in [1.807, 2.05) is 12.1 Å². The van der Waals surface area contributed by atoms with Crippen LogP contribution in [0.3, 0.4) is 0 Å². The van der Waals surface area contributed by atoms with Crippen molar-refractivity contribution in [1.29, 1.82) is 0 Å². The van der Waals surface area contributed by atoms with Gasteiger partial charge in [-0.15, -0.1) is 0 Å². The fourth-order valence-electron chi connectivity index (χ4n) is 2.30. The van der Waals surface area contributed by atoms with Crippen LogP contribution in [0.4, 0.5) is 15.8 Å². The monoisotopic (exact) mass is 443 g/mol. The van der Waals surface area contributed by atoms with Crippen LogP contribution < -0.4 is 10.2 Å². The van der Waals surface area contributed by atoms with Gasteiger partial charge in [0.05, 0.1) is 21.3 Å². The second kappa shape index (κ2) is 9.09. The molecule has 3 rings (SSSR count). The predicted octanol–water partition coefficient (Wildman–Crippen LogP) is 5.52. The summed E-state index contributed by atoms with van der Waals surface area (Å²) < 4.78 is 19.4. The summed E-state index contributed by atoms with van der Waals surface area (Å²) in [7, 11) is 0. The number of anilines is 1. The second-order valence-electron chi connectivity index (χ2n) is 5.78. The molecule has 6 nitrogen and oxygen atoms in total. The first-order valence-electron chi connectivity index (χ1n) is 8.21. The molecule has 0 aromatic heterocycles. The molecular weight excluding hydrogens is 429 g/mol. The molecule has 0 amide bonds. The van der Waals surface area contributed by atoms with Gasteiger partial charge in [-0.3, -0.25) is 15.5 Å². The van der Waals surface area contributed by atoms with Crippen molar-refractivity contribution in [2.75, 3.05) is 5.43 Å². The minimum absolute atomic E-state index is 0.0229. The average Bonchev–Trinajstić information content (AvgIpc) is 2.69. The van der Waals surface area contributed by atoms with Gasteiger partial charge in [0.2, 0.25) is 0 Å². The first-order chi connectivity index (χ1) is 13.5. The van der Waals surface area contributed by atoms with Crippen molar-refractivity contribution in [3.63, 3.8) is 0 Å². The summed E-state index contributed by atoms with van der Waals surface area (Å²) >= 11 is 3.46. The lowest BCUT2D eigenvalue weighted by Gasteiger charge is -2.09. The van der Waals surface area contributed by atoms with E-state index in [1.165, 1.54) is 24.3 Å². The Kier molecular flexibility index (Phi) is 6.33. The number of hydrogen-bond donors (Lipinski definition) is 1. The Morgan fingerprint density at radius 2 is 1.82 bits per heavy atom. The fourth-order valence-corrected chi connectivity index (χ4v) is 2.81. The Morgan fingerprint density at radius 1 is 1.11 bits per heavy atom. The molecule has 142 valence electrons. The predicted molar refractivity (Wildman–Crippen MR) is 109 cm³/mol. The number of nitrogens with one attached hydrogen (secondary N) is 1. The summed E-state index contributed by atoms with van der Waals surface area (Å²) in [6.45, 7) is 0.327. The van der Waals surface area contributed by atoms with Crippen LogP contribution in [0.25, 0.3) is 0 Å². The normalized spacial score (nSPS) is 10.8. The number of non-ortho nitro benzene ring substituents is 1. The maximum Gasteiger partial charge on any atom is 0.269 e. The van der Waals surface area contributed by atoms with Crippen molar-refractivity contribution in [2.24, 2.45) is 5.10 Å². The van der Waals surface area contributed by atoms with Gasteiger partial charge in [0.25, 0.3) is 5.69 Å². The van der Waals surface area contributed by atoms with Crippen molar-refractivity contribution >= 4 is 33.5 Å². The second-order valence-corrected chi connectivity index (χ2v) is 6.63. The maximum atomic E-state index is 12.9. The zero-order chi connectivity index (χ0) is 19.9. The summed E-state index contributed by atoms with van der Waals surface area (Å²) in [5.41, 5.74) is 5.17. The molecule has 0 aliphatic rings. The Morgan fingerprint density at radius 3 is 2.46 bits per heavy atom. The quantitative estimate of drug-likeness (QED) is 0.296. The lowest BCUT2D eigenvalue weighted by atomic mass is 10.2. The van der Waals surface area contributed by atoms with Crippen molar-refractivity contribution in [3.05, 3.63) is 98.3 Å². The number of halogens is 2. The van der Waals surface area contributed by atoms with Gasteiger partial charge in [-0.1, -0.05) is 12.1 Å². The van der Waals surface area contributed by atoms with Crippen molar-refractivity contribution in [1.82, 2.24) is 0 Å². The Bertz CT molecular complexity index is 993. The first kappa shape index (κ1) is 19.5. The molecule has 1 N–H and O–H groups in total. The molecule has 28 heavy (non-hydrogen) atoms. The van der Waals surface area contributed by atoms with Gasteiger partial charge in [0.15, 0.2) is 0 Å². The van der Waals surface area contributed by atoms with Gasteiger partial charge < -0.3 is 4.74 Å². The summed E-state index contributed by atoms with van der Waals surface area (Å²) in [6.07, 6.45) is 1.62. The van der Waals surface area contributed by atoms with E-state index in [9.17, 15) is 14.5 Å². The molecule has 0 heterocycles. The third-order valence-electron chi connectivity index (χ3n) is 3.75. The van der Waals surface area contributed by atoms with Gasteiger partial charge in [-0.25, -0.2) is 4.39 Å². The highest BCUT2D eigenvalue weighted by atomic mass is 79.9. The van der Waals surface area contributed by atoms with Crippen LogP contribution in [-0.2, 0) is 6.61 Å². The molecular formula is C20H15BrFN3O3. The lowest BCUT2D eigenvalue weighted by Crippen LogP contribution is -1.97. The molecule has 8 heteroatoms. The van der Waals surface area contributed by atoms with Crippen molar-refractivity contribution < 1.29 is 14.1 Å². The third-order valence-corrected chi connectivity index (χ3v) is 4.37. The van der Waals surface area contributed by atoms with Crippen LogP contribution >= 0.6 is 15.9 Å². The smallest absolute Gasteiger partial charge is 0.269 e. The van der Waals surface area contributed by atoms with Gasteiger partial charge >= 0.3 is 0 Å². The molecule has 0 saturated heterocycles. The molecule has 0 spiro atoms. The number of benzene rings is 3. The molecule has 0 unspecified atom stereocenters. The van der Waals surface area contributed by atoms with Crippen LogP contribution in [0, 0.1) is 15.9 Å².